The molecule has 0 spiro atoms. The number of nitrogens with one attached hydrogen (secondary N) is 2. The van der Waals surface area contributed by atoms with Crippen molar-refractivity contribution in [2.75, 3.05) is 13.1 Å². The van der Waals surface area contributed by atoms with E-state index in [9.17, 15) is 4.79 Å². The van der Waals surface area contributed by atoms with Crippen LogP contribution in [0.1, 0.15) is 36.9 Å². The van der Waals surface area contributed by atoms with Crippen molar-refractivity contribution in [3.05, 3.63) is 35.4 Å². The maximum Gasteiger partial charge on any atom is 0.224 e. The first-order valence-corrected chi connectivity index (χ1v) is 6.74. The van der Waals surface area contributed by atoms with Crippen LogP contribution in [0, 0.1) is 12.8 Å². The van der Waals surface area contributed by atoms with Crippen LogP contribution in [-0.4, -0.2) is 19.0 Å². The van der Waals surface area contributed by atoms with Gasteiger partial charge in [0, 0.05) is 6.54 Å². The second-order valence-electron chi connectivity index (χ2n) is 5.18. The number of hydrogen-bond donors (Lipinski definition) is 2. The number of halogens is 1. The molecule has 1 saturated heterocycles. The molecule has 0 radical (unpaired) electrons. The number of carbonyl (C=O) groups excluding carboxylic acids is 1. The van der Waals surface area contributed by atoms with E-state index in [1.807, 2.05) is 6.92 Å². The molecule has 1 aliphatic heterocycles. The normalized spacial score (nSPS) is 20.2. The number of benzene rings is 1. The largest absolute Gasteiger partial charge is 0.349 e. The molecule has 1 aromatic rings. The SMILES string of the molecule is Cc1ccc(C(C)NC(=O)C2CCCNC2)cc1.Cl. The fraction of sp³-hybridized carbons (Fsp3) is 0.533. The molecule has 2 N–H and O–H groups in total. The molecule has 1 aromatic carbocycles. The van der Waals surface area contributed by atoms with Gasteiger partial charge >= 0.3 is 0 Å². The minimum absolute atomic E-state index is 0. The summed E-state index contributed by atoms with van der Waals surface area (Å²) in [5, 5.41) is 6.38. The van der Waals surface area contributed by atoms with Crippen LogP contribution < -0.4 is 10.6 Å². The van der Waals surface area contributed by atoms with E-state index in [-0.39, 0.29) is 30.3 Å². The van der Waals surface area contributed by atoms with Gasteiger partial charge in [0.1, 0.15) is 0 Å². The Morgan fingerprint density at radius 1 is 1.37 bits per heavy atom. The molecule has 0 aliphatic carbocycles. The Labute approximate surface area is 121 Å². The predicted octanol–water partition coefficient (Wildman–Crippen LogP) is 2.59. The van der Waals surface area contributed by atoms with Crippen molar-refractivity contribution < 1.29 is 4.79 Å². The Bertz CT molecular complexity index is 399. The molecule has 1 aliphatic rings. The summed E-state index contributed by atoms with van der Waals surface area (Å²) in [6.07, 6.45) is 2.09. The number of carbonyl (C=O) groups is 1. The lowest BCUT2D eigenvalue weighted by molar-refractivity contribution is -0.126. The topological polar surface area (TPSA) is 41.1 Å². The minimum atomic E-state index is 0. The molecule has 3 nitrogen and oxygen atoms in total. The maximum atomic E-state index is 12.1. The van der Waals surface area contributed by atoms with Crippen LogP contribution in [0.25, 0.3) is 0 Å². The van der Waals surface area contributed by atoms with Crippen LogP contribution in [0.2, 0.25) is 0 Å². The molecule has 1 fully saturated rings. The van der Waals surface area contributed by atoms with Gasteiger partial charge < -0.3 is 10.6 Å². The molecule has 2 atom stereocenters. The number of hydrogen-bond acceptors (Lipinski definition) is 2. The molecule has 19 heavy (non-hydrogen) atoms. The molecular formula is C15H23ClN2O. The molecule has 0 aromatic heterocycles. The van der Waals surface area contributed by atoms with E-state index in [0.717, 1.165) is 31.5 Å². The molecule has 2 unspecified atom stereocenters. The first-order chi connectivity index (χ1) is 8.66. The molecule has 0 saturated carbocycles. The van der Waals surface area contributed by atoms with Gasteiger partial charge in [0.05, 0.1) is 12.0 Å². The highest BCUT2D eigenvalue weighted by atomic mass is 35.5. The van der Waals surface area contributed by atoms with Gasteiger partial charge in [-0.05, 0) is 38.8 Å². The standard InChI is InChI=1S/C15H22N2O.ClH/c1-11-5-7-13(8-6-11)12(2)17-15(18)14-4-3-9-16-10-14;/h5-8,12,14,16H,3-4,9-10H2,1-2H3,(H,17,18);1H. The number of aryl methyl sites for hydroxylation is 1. The van der Waals surface area contributed by atoms with Gasteiger partial charge in [-0.25, -0.2) is 0 Å². The third-order valence-corrected chi connectivity index (χ3v) is 3.60. The van der Waals surface area contributed by atoms with Crippen LogP contribution >= 0.6 is 12.4 Å². The second-order valence-corrected chi connectivity index (χ2v) is 5.18. The van der Waals surface area contributed by atoms with Crippen LogP contribution in [0.15, 0.2) is 24.3 Å². The highest BCUT2D eigenvalue weighted by Crippen LogP contribution is 2.16. The van der Waals surface area contributed by atoms with E-state index >= 15 is 0 Å². The second kappa shape index (κ2) is 7.51. The van der Waals surface area contributed by atoms with Crippen molar-refractivity contribution in [3.8, 4) is 0 Å². The van der Waals surface area contributed by atoms with Crippen molar-refractivity contribution in [1.29, 1.82) is 0 Å². The summed E-state index contributed by atoms with van der Waals surface area (Å²) in [7, 11) is 0. The lowest BCUT2D eigenvalue weighted by Crippen LogP contribution is -2.41. The minimum Gasteiger partial charge on any atom is -0.349 e. The van der Waals surface area contributed by atoms with Crippen molar-refractivity contribution in [2.24, 2.45) is 5.92 Å². The maximum absolute atomic E-state index is 12.1. The summed E-state index contributed by atoms with van der Waals surface area (Å²) < 4.78 is 0. The summed E-state index contributed by atoms with van der Waals surface area (Å²) in [5.41, 5.74) is 2.41. The zero-order valence-corrected chi connectivity index (χ0v) is 12.4. The number of rotatable bonds is 3. The molecule has 1 amide bonds. The van der Waals surface area contributed by atoms with E-state index in [0.29, 0.717) is 0 Å². The fourth-order valence-corrected chi connectivity index (χ4v) is 2.35. The fourth-order valence-electron chi connectivity index (χ4n) is 2.35. The first-order valence-electron chi connectivity index (χ1n) is 6.74. The van der Waals surface area contributed by atoms with Gasteiger partial charge in [-0.3, -0.25) is 4.79 Å². The molecule has 0 bridgehead atoms. The Kier molecular flexibility index (Phi) is 6.32. The van der Waals surface area contributed by atoms with E-state index < -0.39 is 0 Å². The Morgan fingerprint density at radius 2 is 2.05 bits per heavy atom. The Morgan fingerprint density at radius 3 is 2.63 bits per heavy atom. The molecule has 1 heterocycles. The molecule has 106 valence electrons. The third kappa shape index (κ3) is 4.51. The molecule has 2 rings (SSSR count). The number of amides is 1. The van der Waals surface area contributed by atoms with Crippen LogP contribution in [0.3, 0.4) is 0 Å². The summed E-state index contributed by atoms with van der Waals surface area (Å²) in [5.74, 6) is 0.307. The lowest BCUT2D eigenvalue weighted by atomic mass is 9.98. The van der Waals surface area contributed by atoms with Crippen LogP contribution in [0.4, 0.5) is 0 Å². The lowest BCUT2D eigenvalue weighted by Gasteiger charge is -2.24. The van der Waals surface area contributed by atoms with Crippen molar-refractivity contribution in [3.63, 3.8) is 0 Å². The van der Waals surface area contributed by atoms with Gasteiger partial charge in [-0.2, -0.15) is 0 Å². The molecule has 4 heteroatoms. The summed E-state index contributed by atoms with van der Waals surface area (Å²) >= 11 is 0. The van der Waals surface area contributed by atoms with E-state index in [1.165, 1.54) is 5.56 Å². The average molecular weight is 283 g/mol. The van der Waals surface area contributed by atoms with E-state index in [1.54, 1.807) is 0 Å². The Hall–Kier alpha value is -1.06. The van der Waals surface area contributed by atoms with Gasteiger partial charge in [-0.15, -0.1) is 12.4 Å². The Balaban J connectivity index is 0.00000180. The quantitative estimate of drug-likeness (QED) is 0.895. The average Bonchev–Trinajstić information content (AvgIpc) is 2.40. The summed E-state index contributed by atoms with van der Waals surface area (Å²) in [6, 6.07) is 8.42. The summed E-state index contributed by atoms with van der Waals surface area (Å²) in [6.45, 7) is 5.96. The smallest absolute Gasteiger partial charge is 0.224 e. The van der Waals surface area contributed by atoms with Crippen LogP contribution in [-0.2, 0) is 4.79 Å². The zero-order chi connectivity index (χ0) is 13.0. The highest BCUT2D eigenvalue weighted by molar-refractivity contribution is 5.85. The monoisotopic (exact) mass is 282 g/mol. The van der Waals surface area contributed by atoms with Gasteiger partial charge in [0.2, 0.25) is 5.91 Å². The highest BCUT2D eigenvalue weighted by Gasteiger charge is 2.22. The van der Waals surface area contributed by atoms with Crippen LogP contribution in [0.5, 0.6) is 0 Å². The molecular weight excluding hydrogens is 260 g/mol. The van der Waals surface area contributed by atoms with Gasteiger partial charge in [-0.1, -0.05) is 29.8 Å². The number of piperidine rings is 1. The van der Waals surface area contributed by atoms with Crippen molar-refractivity contribution >= 4 is 18.3 Å². The van der Waals surface area contributed by atoms with E-state index in [4.69, 9.17) is 0 Å². The van der Waals surface area contributed by atoms with Gasteiger partial charge in [0.15, 0.2) is 0 Å². The zero-order valence-electron chi connectivity index (χ0n) is 11.6. The van der Waals surface area contributed by atoms with E-state index in [2.05, 4.69) is 41.8 Å². The third-order valence-electron chi connectivity index (χ3n) is 3.60. The summed E-state index contributed by atoms with van der Waals surface area (Å²) in [4.78, 5) is 12.1. The van der Waals surface area contributed by atoms with Crippen molar-refractivity contribution in [1.82, 2.24) is 10.6 Å². The predicted molar refractivity (Wildman–Crippen MR) is 80.6 cm³/mol. The van der Waals surface area contributed by atoms with Crippen molar-refractivity contribution in [2.45, 2.75) is 32.7 Å². The van der Waals surface area contributed by atoms with Gasteiger partial charge in [0.25, 0.3) is 0 Å². The first kappa shape index (κ1) is 16.0.